The summed E-state index contributed by atoms with van der Waals surface area (Å²) in [6.45, 7) is 12.1. The van der Waals surface area contributed by atoms with Crippen molar-refractivity contribution in [2.45, 2.75) is 32.4 Å². The molecule has 2 aliphatic heterocycles. The zero-order chi connectivity index (χ0) is 16.7. The molecule has 1 saturated heterocycles. The van der Waals surface area contributed by atoms with Gasteiger partial charge in [-0.15, -0.1) is 0 Å². The van der Waals surface area contributed by atoms with Crippen LogP contribution in [0, 0.1) is 6.92 Å². The van der Waals surface area contributed by atoms with Crippen molar-refractivity contribution in [3.8, 4) is 0 Å². The van der Waals surface area contributed by atoms with Crippen molar-refractivity contribution in [1.29, 1.82) is 0 Å². The predicted octanol–water partition coefficient (Wildman–Crippen LogP) is 2.83. The second-order valence-corrected chi connectivity index (χ2v) is 7.62. The Balaban J connectivity index is 1.60. The van der Waals surface area contributed by atoms with E-state index in [9.17, 15) is 0 Å². The van der Waals surface area contributed by atoms with Crippen LogP contribution in [0.4, 0.5) is 0 Å². The maximum Gasteiger partial charge on any atom is 0.107 e. The number of hydrogen-bond donors (Lipinski definition) is 0. The predicted molar refractivity (Wildman–Crippen MR) is 98.5 cm³/mol. The van der Waals surface area contributed by atoms with Crippen LogP contribution in [0.15, 0.2) is 24.3 Å². The van der Waals surface area contributed by atoms with Gasteiger partial charge in [0.2, 0.25) is 0 Å². The monoisotopic (exact) mass is 327 g/mol. The highest BCUT2D eigenvalue weighted by Crippen LogP contribution is 2.40. The van der Waals surface area contributed by atoms with Crippen molar-refractivity contribution >= 4 is 10.9 Å². The third-order valence-corrected chi connectivity index (χ3v) is 5.96. The number of rotatable bonds is 3. The molecule has 2 aliphatic rings. The minimum atomic E-state index is -0.176. The van der Waals surface area contributed by atoms with Crippen molar-refractivity contribution in [2.75, 3.05) is 46.4 Å². The average Bonchev–Trinajstić information content (AvgIpc) is 2.89. The van der Waals surface area contributed by atoms with Crippen LogP contribution in [-0.2, 0) is 16.9 Å². The van der Waals surface area contributed by atoms with Gasteiger partial charge in [0.15, 0.2) is 0 Å². The second kappa shape index (κ2) is 6.17. The lowest BCUT2D eigenvalue weighted by Crippen LogP contribution is -2.46. The number of likely N-dealkylation sites (N-methyl/N-ethyl adjacent to an activating group) is 1. The zero-order valence-corrected chi connectivity index (χ0v) is 15.2. The number of aryl methyl sites for hydroxylation is 1. The smallest absolute Gasteiger partial charge is 0.107 e. The summed E-state index contributed by atoms with van der Waals surface area (Å²) in [6, 6.07) is 8.78. The SMILES string of the molecule is Cc1c2n(c3ccccc13)CCOC2(C)CCN1CCN(C)CC1. The molecule has 0 bridgehead atoms. The molecule has 4 nitrogen and oxygen atoms in total. The van der Waals surface area contributed by atoms with Crippen LogP contribution in [0.1, 0.15) is 24.6 Å². The molecule has 1 unspecified atom stereocenters. The molecule has 0 saturated carbocycles. The molecule has 4 heteroatoms. The van der Waals surface area contributed by atoms with Crippen molar-refractivity contribution in [2.24, 2.45) is 0 Å². The third-order valence-electron chi connectivity index (χ3n) is 5.96. The summed E-state index contributed by atoms with van der Waals surface area (Å²) in [5.74, 6) is 0. The average molecular weight is 327 g/mol. The van der Waals surface area contributed by atoms with Gasteiger partial charge in [-0.1, -0.05) is 18.2 Å². The molecule has 2 aromatic rings. The zero-order valence-electron chi connectivity index (χ0n) is 15.2. The van der Waals surface area contributed by atoms with Gasteiger partial charge in [-0.2, -0.15) is 0 Å². The molecule has 0 aliphatic carbocycles. The van der Waals surface area contributed by atoms with Crippen molar-refractivity contribution < 1.29 is 4.74 Å². The first kappa shape index (κ1) is 16.1. The molecule has 1 fully saturated rings. The number of benzene rings is 1. The molecular formula is C20H29N3O. The van der Waals surface area contributed by atoms with Crippen LogP contribution in [0.3, 0.4) is 0 Å². The first-order valence-electron chi connectivity index (χ1n) is 9.22. The van der Waals surface area contributed by atoms with E-state index in [4.69, 9.17) is 4.74 Å². The largest absolute Gasteiger partial charge is 0.367 e. The lowest BCUT2D eigenvalue weighted by Gasteiger charge is -2.39. The van der Waals surface area contributed by atoms with Gasteiger partial charge in [-0.3, -0.25) is 0 Å². The van der Waals surface area contributed by atoms with E-state index in [1.54, 1.807) is 0 Å². The quantitative estimate of drug-likeness (QED) is 0.865. The molecule has 0 spiro atoms. The van der Waals surface area contributed by atoms with Crippen LogP contribution < -0.4 is 0 Å². The van der Waals surface area contributed by atoms with Crippen molar-refractivity contribution in [1.82, 2.24) is 14.4 Å². The Kier molecular flexibility index (Phi) is 4.15. The van der Waals surface area contributed by atoms with E-state index in [-0.39, 0.29) is 5.60 Å². The van der Waals surface area contributed by atoms with E-state index >= 15 is 0 Å². The Hall–Kier alpha value is -1.36. The Morgan fingerprint density at radius 3 is 2.62 bits per heavy atom. The lowest BCUT2D eigenvalue weighted by atomic mass is 9.92. The van der Waals surface area contributed by atoms with E-state index in [1.165, 1.54) is 48.3 Å². The molecule has 0 N–H and O–H groups in total. The van der Waals surface area contributed by atoms with Crippen molar-refractivity contribution in [3.05, 3.63) is 35.5 Å². The number of fused-ring (bicyclic) bond motifs is 3. The summed E-state index contributed by atoms with van der Waals surface area (Å²) in [4.78, 5) is 5.00. The second-order valence-electron chi connectivity index (χ2n) is 7.62. The van der Waals surface area contributed by atoms with Gasteiger partial charge >= 0.3 is 0 Å². The first-order chi connectivity index (χ1) is 11.6. The van der Waals surface area contributed by atoms with Crippen LogP contribution in [0.5, 0.6) is 0 Å². The number of aromatic nitrogens is 1. The summed E-state index contributed by atoms with van der Waals surface area (Å²) in [5.41, 5.74) is 3.97. The van der Waals surface area contributed by atoms with Gasteiger partial charge < -0.3 is 19.1 Å². The molecule has 1 aromatic heterocycles. The summed E-state index contributed by atoms with van der Waals surface area (Å²) in [6.07, 6.45) is 1.06. The molecule has 1 aromatic carbocycles. The normalized spacial score (nSPS) is 26.0. The maximum absolute atomic E-state index is 6.36. The van der Waals surface area contributed by atoms with Gasteiger partial charge in [0.25, 0.3) is 0 Å². The fraction of sp³-hybridized carbons (Fsp3) is 0.600. The van der Waals surface area contributed by atoms with Gasteiger partial charge in [0.1, 0.15) is 5.60 Å². The van der Waals surface area contributed by atoms with Crippen LogP contribution in [0.2, 0.25) is 0 Å². The minimum absolute atomic E-state index is 0.176. The van der Waals surface area contributed by atoms with E-state index in [2.05, 4.69) is 59.5 Å². The number of hydrogen-bond acceptors (Lipinski definition) is 3. The number of ether oxygens (including phenoxy) is 1. The number of piperazine rings is 1. The Labute approximate surface area is 145 Å². The molecule has 3 heterocycles. The summed E-state index contributed by atoms with van der Waals surface area (Å²) in [5, 5.41) is 1.38. The standard InChI is InChI=1S/C20H29N3O/c1-16-17-6-4-5-7-18(17)23-14-15-24-20(2,19(16)23)8-9-22-12-10-21(3)11-13-22/h4-7H,8-15H2,1-3H3. The van der Waals surface area contributed by atoms with E-state index < -0.39 is 0 Å². The fourth-order valence-electron chi connectivity index (χ4n) is 4.45. The fourth-order valence-corrected chi connectivity index (χ4v) is 4.45. The van der Waals surface area contributed by atoms with E-state index in [0.29, 0.717) is 0 Å². The van der Waals surface area contributed by atoms with Crippen molar-refractivity contribution in [3.63, 3.8) is 0 Å². The highest BCUT2D eigenvalue weighted by Gasteiger charge is 2.37. The van der Waals surface area contributed by atoms with Gasteiger partial charge in [0.05, 0.1) is 12.3 Å². The van der Waals surface area contributed by atoms with Gasteiger partial charge in [-0.25, -0.2) is 0 Å². The van der Waals surface area contributed by atoms with Gasteiger partial charge in [-0.05, 0) is 38.9 Å². The summed E-state index contributed by atoms with van der Waals surface area (Å²) < 4.78 is 8.85. The Morgan fingerprint density at radius 2 is 1.83 bits per heavy atom. The highest BCUT2D eigenvalue weighted by molar-refractivity contribution is 5.85. The Morgan fingerprint density at radius 1 is 1.08 bits per heavy atom. The Bertz CT molecular complexity index is 730. The maximum atomic E-state index is 6.36. The minimum Gasteiger partial charge on any atom is -0.367 e. The highest BCUT2D eigenvalue weighted by atomic mass is 16.5. The van der Waals surface area contributed by atoms with Crippen LogP contribution in [0.25, 0.3) is 10.9 Å². The molecule has 130 valence electrons. The molecule has 1 atom stereocenters. The summed E-state index contributed by atoms with van der Waals surface area (Å²) >= 11 is 0. The molecule has 0 amide bonds. The van der Waals surface area contributed by atoms with E-state index in [0.717, 1.165) is 26.1 Å². The number of nitrogens with zero attached hydrogens (tertiary/aromatic N) is 3. The molecule has 0 radical (unpaired) electrons. The molecule has 24 heavy (non-hydrogen) atoms. The first-order valence-corrected chi connectivity index (χ1v) is 9.22. The molecule has 4 rings (SSSR count). The van der Waals surface area contributed by atoms with Crippen LogP contribution >= 0.6 is 0 Å². The lowest BCUT2D eigenvalue weighted by molar-refractivity contribution is -0.0748. The third kappa shape index (κ3) is 2.67. The van der Waals surface area contributed by atoms with Crippen LogP contribution in [-0.4, -0.2) is 60.7 Å². The molecular weight excluding hydrogens is 298 g/mol. The summed E-state index contributed by atoms with van der Waals surface area (Å²) in [7, 11) is 2.21. The van der Waals surface area contributed by atoms with Gasteiger partial charge in [0, 0.05) is 50.2 Å². The van der Waals surface area contributed by atoms with E-state index in [1.807, 2.05) is 0 Å². The topological polar surface area (TPSA) is 20.6 Å². The number of para-hydroxylation sites is 1.